The van der Waals surface area contributed by atoms with Crippen molar-refractivity contribution < 1.29 is 24.2 Å². The highest BCUT2D eigenvalue weighted by atomic mass is 16.6. The van der Waals surface area contributed by atoms with Gasteiger partial charge in [-0.1, -0.05) is 32.0 Å². The first-order valence-electron chi connectivity index (χ1n) is 6.20. The van der Waals surface area contributed by atoms with Gasteiger partial charge in [0, 0.05) is 0 Å². The van der Waals surface area contributed by atoms with Gasteiger partial charge in [0.05, 0.1) is 5.56 Å². The van der Waals surface area contributed by atoms with Crippen molar-refractivity contribution in [3.8, 4) is 0 Å². The number of esters is 1. The van der Waals surface area contributed by atoms with Crippen molar-refractivity contribution in [2.75, 3.05) is 0 Å². The van der Waals surface area contributed by atoms with Crippen LogP contribution in [-0.2, 0) is 9.53 Å². The maximum atomic E-state index is 11.6. The molecule has 1 aromatic carbocycles. The molecule has 0 saturated heterocycles. The summed E-state index contributed by atoms with van der Waals surface area (Å²) in [6, 6.07) is 6.91. The van der Waals surface area contributed by atoms with Gasteiger partial charge in [-0.05, 0) is 24.5 Å². The van der Waals surface area contributed by atoms with E-state index in [1.807, 2.05) is 13.8 Å². The van der Waals surface area contributed by atoms with Crippen LogP contribution in [-0.4, -0.2) is 29.2 Å². The maximum Gasteiger partial charge on any atom is 0.415 e. The average molecular weight is 279 g/mol. The second-order valence-corrected chi connectivity index (χ2v) is 4.71. The number of carbonyl (C=O) groups is 3. The lowest BCUT2D eigenvalue weighted by molar-refractivity contribution is -0.139. The van der Waals surface area contributed by atoms with Gasteiger partial charge < -0.3 is 15.2 Å². The van der Waals surface area contributed by atoms with Gasteiger partial charge >= 0.3 is 18.0 Å². The predicted octanol–water partition coefficient (Wildman–Crippen LogP) is 2.05. The third-order valence-electron chi connectivity index (χ3n) is 2.49. The van der Waals surface area contributed by atoms with Crippen LogP contribution < -0.4 is 5.32 Å². The summed E-state index contributed by atoms with van der Waals surface area (Å²) < 4.78 is 4.55. The Morgan fingerprint density at radius 2 is 1.80 bits per heavy atom. The molecule has 6 nitrogen and oxygen atoms in total. The third kappa shape index (κ3) is 5.09. The van der Waals surface area contributed by atoms with Crippen LogP contribution in [0.3, 0.4) is 0 Å². The van der Waals surface area contributed by atoms with E-state index < -0.39 is 24.1 Å². The molecule has 1 amide bonds. The van der Waals surface area contributed by atoms with Crippen molar-refractivity contribution in [2.45, 2.75) is 26.3 Å². The van der Waals surface area contributed by atoms with E-state index >= 15 is 0 Å². The number of ether oxygens (including phenoxy) is 1. The van der Waals surface area contributed by atoms with E-state index in [1.54, 1.807) is 18.2 Å². The summed E-state index contributed by atoms with van der Waals surface area (Å²) in [5.41, 5.74) is 0.221. The molecule has 0 aliphatic rings. The molecule has 20 heavy (non-hydrogen) atoms. The van der Waals surface area contributed by atoms with Gasteiger partial charge in [0.25, 0.3) is 0 Å². The van der Waals surface area contributed by atoms with Crippen LogP contribution in [0.25, 0.3) is 0 Å². The predicted molar refractivity (Wildman–Crippen MR) is 71.3 cm³/mol. The molecule has 1 atom stereocenters. The highest BCUT2D eigenvalue weighted by Crippen LogP contribution is 2.06. The van der Waals surface area contributed by atoms with Crippen molar-refractivity contribution in [3.63, 3.8) is 0 Å². The zero-order valence-electron chi connectivity index (χ0n) is 11.3. The molecule has 6 heteroatoms. The van der Waals surface area contributed by atoms with Crippen LogP contribution in [0.4, 0.5) is 4.79 Å². The molecule has 0 bridgehead atoms. The van der Waals surface area contributed by atoms with Crippen molar-refractivity contribution in [3.05, 3.63) is 35.9 Å². The summed E-state index contributed by atoms with van der Waals surface area (Å²) in [6.45, 7) is 3.66. The molecule has 0 aliphatic carbocycles. The van der Waals surface area contributed by atoms with Gasteiger partial charge in [0.15, 0.2) is 0 Å². The summed E-state index contributed by atoms with van der Waals surface area (Å²) in [7, 11) is 0. The van der Waals surface area contributed by atoms with Gasteiger partial charge in [0.1, 0.15) is 6.04 Å². The topological polar surface area (TPSA) is 92.7 Å². The summed E-state index contributed by atoms with van der Waals surface area (Å²) in [4.78, 5) is 34.1. The Hall–Kier alpha value is -2.37. The number of carbonyl (C=O) groups excluding carboxylic acids is 2. The Labute approximate surface area is 116 Å². The zero-order valence-corrected chi connectivity index (χ0v) is 11.3. The summed E-state index contributed by atoms with van der Waals surface area (Å²) in [6.07, 6.45) is -0.809. The first-order valence-corrected chi connectivity index (χ1v) is 6.20. The SMILES string of the molecule is CC(C)C[C@H](NC(=O)OC(=O)c1ccccc1)C(=O)O. The van der Waals surface area contributed by atoms with Crippen LogP contribution in [0.5, 0.6) is 0 Å². The molecule has 0 unspecified atom stereocenters. The minimum Gasteiger partial charge on any atom is -0.480 e. The second kappa shape index (κ2) is 7.28. The number of aliphatic carboxylic acids is 1. The monoisotopic (exact) mass is 279 g/mol. The number of rotatable bonds is 5. The largest absolute Gasteiger partial charge is 0.480 e. The number of alkyl carbamates (subject to hydrolysis) is 1. The highest BCUT2D eigenvalue weighted by molar-refractivity contribution is 5.97. The maximum absolute atomic E-state index is 11.6. The molecule has 0 heterocycles. The molecule has 1 rings (SSSR count). The smallest absolute Gasteiger partial charge is 0.415 e. The molecule has 2 N–H and O–H groups in total. The van der Waals surface area contributed by atoms with Crippen LogP contribution in [0, 0.1) is 5.92 Å². The Kier molecular flexibility index (Phi) is 5.71. The van der Waals surface area contributed by atoms with Gasteiger partial charge in [-0.3, -0.25) is 0 Å². The number of carboxylic acids is 1. The Balaban J connectivity index is 2.58. The van der Waals surface area contributed by atoms with E-state index in [2.05, 4.69) is 10.1 Å². The molecular formula is C14H17NO5. The van der Waals surface area contributed by atoms with Crippen LogP contribution in [0.2, 0.25) is 0 Å². The molecule has 0 fully saturated rings. The van der Waals surface area contributed by atoms with Crippen molar-refractivity contribution in [2.24, 2.45) is 5.92 Å². The fourth-order valence-corrected chi connectivity index (χ4v) is 1.58. The Morgan fingerprint density at radius 3 is 2.30 bits per heavy atom. The van der Waals surface area contributed by atoms with E-state index in [9.17, 15) is 14.4 Å². The second-order valence-electron chi connectivity index (χ2n) is 4.71. The molecule has 0 saturated carbocycles. The summed E-state index contributed by atoms with van der Waals surface area (Å²) in [5.74, 6) is -1.90. The van der Waals surface area contributed by atoms with E-state index in [0.717, 1.165) is 0 Å². The molecule has 0 aliphatic heterocycles. The number of benzene rings is 1. The van der Waals surface area contributed by atoms with Crippen LogP contribution in [0.1, 0.15) is 30.6 Å². The lowest BCUT2D eigenvalue weighted by Gasteiger charge is -2.15. The molecule has 0 spiro atoms. The van der Waals surface area contributed by atoms with E-state index in [-0.39, 0.29) is 17.9 Å². The number of hydrogen-bond acceptors (Lipinski definition) is 4. The molecule has 108 valence electrons. The lowest BCUT2D eigenvalue weighted by Crippen LogP contribution is -2.42. The first-order chi connectivity index (χ1) is 9.40. The van der Waals surface area contributed by atoms with Gasteiger partial charge in [-0.2, -0.15) is 0 Å². The normalized spacial score (nSPS) is 11.8. The van der Waals surface area contributed by atoms with Gasteiger partial charge in [-0.15, -0.1) is 0 Å². The number of carboxylic acid groups (broad SMARTS) is 1. The minimum absolute atomic E-state index is 0.0845. The fraction of sp³-hybridized carbons (Fsp3) is 0.357. The third-order valence-corrected chi connectivity index (χ3v) is 2.49. The lowest BCUT2D eigenvalue weighted by atomic mass is 10.0. The number of amides is 1. The van der Waals surface area contributed by atoms with E-state index in [4.69, 9.17) is 5.11 Å². The standard InChI is InChI=1S/C14H17NO5/c1-9(2)8-11(12(16)17)15-14(19)20-13(18)10-6-4-3-5-7-10/h3-7,9,11H,8H2,1-2H3,(H,15,19)(H,16,17)/t11-/m0/s1. The molecular weight excluding hydrogens is 262 g/mol. The van der Waals surface area contributed by atoms with E-state index in [0.29, 0.717) is 0 Å². The van der Waals surface area contributed by atoms with Crippen molar-refractivity contribution >= 4 is 18.0 Å². The summed E-state index contributed by atoms with van der Waals surface area (Å²) in [5, 5.41) is 11.1. The Bertz CT molecular complexity index is 484. The first kappa shape index (κ1) is 15.7. The average Bonchev–Trinajstić information content (AvgIpc) is 2.38. The van der Waals surface area contributed by atoms with Gasteiger partial charge in [0.2, 0.25) is 0 Å². The Morgan fingerprint density at radius 1 is 1.20 bits per heavy atom. The van der Waals surface area contributed by atoms with Gasteiger partial charge in [-0.25, -0.2) is 14.4 Å². The number of hydrogen-bond donors (Lipinski definition) is 2. The van der Waals surface area contributed by atoms with Crippen LogP contribution >= 0.6 is 0 Å². The molecule has 1 aromatic rings. The van der Waals surface area contributed by atoms with Crippen molar-refractivity contribution in [1.29, 1.82) is 0 Å². The highest BCUT2D eigenvalue weighted by Gasteiger charge is 2.23. The molecule has 0 aromatic heterocycles. The molecule has 0 radical (unpaired) electrons. The zero-order chi connectivity index (χ0) is 15.1. The quantitative estimate of drug-likeness (QED) is 0.635. The fourth-order valence-electron chi connectivity index (χ4n) is 1.58. The minimum atomic E-state index is -1.16. The van der Waals surface area contributed by atoms with Crippen molar-refractivity contribution in [1.82, 2.24) is 5.32 Å². The summed E-state index contributed by atoms with van der Waals surface area (Å²) >= 11 is 0. The van der Waals surface area contributed by atoms with Crippen LogP contribution in [0.15, 0.2) is 30.3 Å². The van der Waals surface area contributed by atoms with E-state index in [1.165, 1.54) is 12.1 Å². The number of nitrogens with one attached hydrogen (secondary N) is 1.